The average molecular weight is 198 g/mol. The lowest BCUT2D eigenvalue weighted by Gasteiger charge is -2.32. The van der Waals surface area contributed by atoms with Crippen molar-refractivity contribution < 1.29 is 9.53 Å². The van der Waals surface area contributed by atoms with Gasteiger partial charge >= 0.3 is 5.97 Å². The van der Waals surface area contributed by atoms with E-state index in [1.54, 1.807) is 6.92 Å². The predicted molar refractivity (Wildman–Crippen MR) is 55.1 cm³/mol. The summed E-state index contributed by atoms with van der Waals surface area (Å²) in [6.07, 6.45) is 3.35. The fourth-order valence-corrected chi connectivity index (χ4v) is 1.41. The molecule has 1 fully saturated rings. The van der Waals surface area contributed by atoms with Gasteiger partial charge in [0.15, 0.2) is 0 Å². The average Bonchev–Trinajstić information content (AvgIpc) is 2.17. The van der Waals surface area contributed by atoms with Gasteiger partial charge in [-0.3, -0.25) is 0 Å². The zero-order valence-corrected chi connectivity index (χ0v) is 8.80. The summed E-state index contributed by atoms with van der Waals surface area (Å²) in [5.74, 6) is -0.277. The quantitative estimate of drug-likeness (QED) is 0.497. The maximum atomic E-state index is 11.1. The maximum absolute atomic E-state index is 11.1. The second-order valence-corrected chi connectivity index (χ2v) is 3.61. The van der Waals surface area contributed by atoms with Gasteiger partial charge in [-0.05, 0) is 13.8 Å². The minimum Gasteiger partial charge on any atom is -0.463 e. The molecular weight excluding hydrogens is 180 g/mol. The van der Waals surface area contributed by atoms with Crippen LogP contribution in [0, 0.1) is 0 Å². The summed E-state index contributed by atoms with van der Waals surface area (Å²) < 4.78 is 4.80. The van der Waals surface area contributed by atoms with Crippen molar-refractivity contribution in [3.05, 3.63) is 12.2 Å². The number of piperazine rings is 1. The fraction of sp³-hybridized carbons (Fsp3) is 0.700. The molecule has 1 rings (SSSR count). The van der Waals surface area contributed by atoms with E-state index in [2.05, 4.69) is 17.6 Å². The highest BCUT2D eigenvalue weighted by Crippen LogP contribution is 2.06. The molecule has 0 aromatic rings. The van der Waals surface area contributed by atoms with Crippen LogP contribution in [0.4, 0.5) is 0 Å². The summed E-state index contributed by atoms with van der Waals surface area (Å²) in [7, 11) is 0. The Bertz CT molecular complexity index is 220. The Balaban J connectivity index is 2.44. The molecule has 1 aliphatic rings. The number of carbonyl (C=O) groups is 1. The van der Waals surface area contributed by atoms with E-state index in [1.165, 1.54) is 6.08 Å². The van der Waals surface area contributed by atoms with Crippen LogP contribution in [-0.2, 0) is 9.53 Å². The van der Waals surface area contributed by atoms with E-state index in [9.17, 15) is 4.79 Å². The lowest BCUT2D eigenvalue weighted by Crippen LogP contribution is -2.56. The van der Waals surface area contributed by atoms with Gasteiger partial charge in [-0.1, -0.05) is 6.08 Å². The third-order valence-electron chi connectivity index (χ3n) is 2.20. The van der Waals surface area contributed by atoms with Crippen molar-refractivity contribution in [3.8, 4) is 0 Å². The molecule has 0 spiro atoms. The van der Waals surface area contributed by atoms with Gasteiger partial charge in [-0.2, -0.15) is 0 Å². The first-order valence-corrected chi connectivity index (χ1v) is 4.98. The topological polar surface area (TPSA) is 50.4 Å². The highest BCUT2D eigenvalue weighted by atomic mass is 16.5. The normalized spacial score (nSPS) is 27.9. The molecule has 1 saturated heterocycles. The Labute approximate surface area is 84.7 Å². The van der Waals surface area contributed by atoms with E-state index in [1.807, 2.05) is 6.08 Å². The number of hydrogen-bond acceptors (Lipinski definition) is 4. The van der Waals surface area contributed by atoms with Crippen molar-refractivity contribution in [2.75, 3.05) is 26.2 Å². The van der Waals surface area contributed by atoms with Crippen molar-refractivity contribution >= 4 is 5.97 Å². The summed E-state index contributed by atoms with van der Waals surface area (Å²) in [5, 5.41) is 6.60. The van der Waals surface area contributed by atoms with Gasteiger partial charge in [0.05, 0.1) is 6.61 Å². The van der Waals surface area contributed by atoms with Crippen molar-refractivity contribution in [2.45, 2.75) is 19.4 Å². The first kappa shape index (κ1) is 11.2. The van der Waals surface area contributed by atoms with Crippen molar-refractivity contribution in [2.24, 2.45) is 0 Å². The van der Waals surface area contributed by atoms with Crippen molar-refractivity contribution in [1.82, 2.24) is 10.6 Å². The first-order chi connectivity index (χ1) is 6.66. The van der Waals surface area contributed by atoms with Gasteiger partial charge in [0.1, 0.15) is 0 Å². The number of nitrogens with one attached hydrogen (secondary N) is 2. The van der Waals surface area contributed by atoms with Crippen molar-refractivity contribution in [3.63, 3.8) is 0 Å². The van der Waals surface area contributed by atoms with Gasteiger partial charge in [0, 0.05) is 31.2 Å². The first-order valence-electron chi connectivity index (χ1n) is 4.98. The van der Waals surface area contributed by atoms with Crippen LogP contribution in [0.15, 0.2) is 12.2 Å². The summed E-state index contributed by atoms with van der Waals surface area (Å²) in [6.45, 7) is 7.00. The molecule has 14 heavy (non-hydrogen) atoms. The minimum absolute atomic E-state index is 0.134. The molecule has 0 aliphatic carbocycles. The highest BCUT2D eigenvalue weighted by molar-refractivity contribution is 5.82. The predicted octanol–water partition coefficient (Wildman–Crippen LogP) is 0.0572. The van der Waals surface area contributed by atoms with Crippen LogP contribution >= 0.6 is 0 Å². The zero-order valence-electron chi connectivity index (χ0n) is 8.80. The molecule has 80 valence electrons. The summed E-state index contributed by atoms with van der Waals surface area (Å²) in [5.41, 5.74) is -0.134. The third kappa shape index (κ3) is 3.47. The van der Waals surface area contributed by atoms with E-state index < -0.39 is 0 Å². The van der Waals surface area contributed by atoms with Gasteiger partial charge in [0.25, 0.3) is 0 Å². The smallest absolute Gasteiger partial charge is 0.330 e. The fourth-order valence-electron chi connectivity index (χ4n) is 1.41. The Morgan fingerprint density at radius 1 is 1.57 bits per heavy atom. The summed E-state index contributed by atoms with van der Waals surface area (Å²) in [6, 6.07) is 0. The standard InChI is InChI=1S/C10H18N2O2/c1-3-14-9(13)4-5-10(2)8-11-6-7-12-10/h4-5,11-12H,3,6-8H2,1-2H3/b5-4+. The molecule has 0 aromatic carbocycles. The van der Waals surface area contributed by atoms with Crippen LogP contribution in [0.1, 0.15) is 13.8 Å². The SMILES string of the molecule is CCOC(=O)/C=C/C1(C)CNCCN1. The van der Waals surface area contributed by atoms with E-state index in [0.29, 0.717) is 6.61 Å². The van der Waals surface area contributed by atoms with Crippen LogP contribution in [0.25, 0.3) is 0 Å². The molecule has 1 unspecified atom stereocenters. The second-order valence-electron chi connectivity index (χ2n) is 3.61. The molecule has 0 aromatic heterocycles. The number of ether oxygens (including phenoxy) is 1. The van der Waals surface area contributed by atoms with E-state index in [-0.39, 0.29) is 11.5 Å². The third-order valence-corrected chi connectivity index (χ3v) is 2.20. The molecule has 1 heterocycles. The molecule has 1 atom stereocenters. The van der Waals surface area contributed by atoms with Gasteiger partial charge in [0.2, 0.25) is 0 Å². The van der Waals surface area contributed by atoms with Crippen LogP contribution in [0.5, 0.6) is 0 Å². The molecule has 0 bridgehead atoms. The molecule has 4 nitrogen and oxygen atoms in total. The Kier molecular flexibility index (Phi) is 4.10. The molecule has 0 saturated carbocycles. The monoisotopic (exact) mass is 198 g/mol. The molecular formula is C10H18N2O2. The van der Waals surface area contributed by atoms with Gasteiger partial charge in [-0.25, -0.2) is 4.79 Å². The van der Waals surface area contributed by atoms with Crippen LogP contribution in [0.3, 0.4) is 0 Å². The molecule has 2 N–H and O–H groups in total. The summed E-state index contributed by atoms with van der Waals surface area (Å²) in [4.78, 5) is 11.1. The highest BCUT2D eigenvalue weighted by Gasteiger charge is 2.22. The van der Waals surface area contributed by atoms with Crippen LogP contribution in [-0.4, -0.2) is 37.7 Å². The largest absolute Gasteiger partial charge is 0.463 e. The second kappa shape index (κ2) is 5.12. The van der Waals surface area contributed by atoms with E-state index in [4.69, 9.17) is 4.74 Å². The number of carbonyl (C=O) groups excluding carboxylic acids is 1. The Hall–Kier alpha value is -0.870. The number of esters is 1. The van der Waals surface area contributed by atoms with Gasteiger partial charge in [-0.15, -0.1) is 0 Å². The van der Waals surface area contributed by atoms with Crippen LogP contribution in [0.2, 0.25) is 0 Å². The number of rotatable bonds is 3. The van der Waals surface area contributed by atoms with E-state index >= 15 is 0 Å². The van der Waals surface area contributed by atoms with Crippen molar-refractivity contribution in [1.29, 1.82) is 0 Å². The summed E-state index contributed by atoms with van der Waals surface area (Å²) >= 11 is 0. The lowest BCUT2D eigenvalue weighted by atomic mass is 10.00. The van der Waals surface area contributed by atoms with E-state index in [0.717, 1.165) is 19.6 Å². The molecule has 0 radical (unpaired) electrons. The zero-order chi connectivity index (χ0) is 10.4. The molecule has 1 aliphatic heterocycles. The Morgan fingerprint density at radius 3 is 2.93 bits per heavy atom. The lowest BCUT2D eigenvalue weighted by molar-refractivity contribution is -0.137. The van der Waals surface area contributed by atoms with Crippen LogP contribution < -0.4 is 10.6 Å². The van der Waals surface area contributed by atoms with Gasteiger partial charge < -0.3 is 15.4 Å². The number of hydrogen-bond donors (Lipinski definition) is 2. The minimum atomic E-state index is -0.277. The Morgan fingerprint density at radius 2 is 2.36 bits per heavy atom. The molecule has 0 amide bonds. The molecule has 4 heteroatoms. The maximum Gasteiger partial charge on any atom is 0.330 e.